The van der Waals surface area contributed by atoms with Crippen molar-refractivity contribution in [3.8, 4) is 5.75 Å². The van der Waals surface area contributed by atoms with Gasteiger partial charge in [0.25, 0.3) is 5.91 Å². The number of halogens is 3. The Hall–Kier alpha value is -2.84. The number of carbonyl (C=O) groups is 1. The fourth-order valence-electron chi connectivity index (χ4n) is 2.59. The molecule has 0 spiro atoms. The molecule has 0 unspecified atom stereocenters. The zero-order valence-corrected chi connectivity index (χ0v) is 13.8. The van der Waals surface area contributed by atoms with Gasteiger partial charge in [-0.3, -0.25) is 4.79 Å². The van der Waals surface area contributed by atoms with Crippen molar-refractivity contribution in [1.29, 1.82) is 0 Å². The average molecular weight is 366 g/mol. The van der Waals surface area contributed by atoms with E-state index in [2.05, 4.69) is 9.97 Å². The van der Waals surface area contributed by atoms with Gasteiger partial charge in [-0.05, 0) is 30.3 Å². The van der Waals surface area contributed by atoms with Crippen LogP contribution in [0.15, 0.2) is 42.7 Å². The van der Waals surface area contributed by atoms with Crippen molar-refractivity contribution < 1.29 is 22.7 Å². The van der Waals surface area contributed by atoms with Crippen molar-refractivity contribution >= 4 is 11.9 Å². The molecule has 1 fully saturated rings. The highest BCUT2D eigenvalue weighted by Crippen LogP contribution is 2.30. The Bertz CT molecular complexity index is 730. The molecule has 1 amide bonds. The molecule has 2 heterocycles. The molecule has 0 aliphatic carbocycles. The zero-order valence-electron chi connectivity index (χ0n) is 13.8. The van der Waals surface area contributed by atoms with Crippen LogP contribution in [0.2, 0.25) is 0 Å². The van der Waals surface area contributed by atoms with Crippen molar-refractivity contribution in [2.24, 2.45) is 0 Å². The Morgan fingerprint density at radius 3 is 2.23 bits per heavy atom. The second-order valence-electron chi connectivity index (χ2n) is 5.73. The molecule has 9 heteroatoms. The van der Waals surface area contributed by atoms with Gasteiger partial charge in [-0.1, -0.05) is 0 Å². The lowest BCUT2D eigenvalue weighted by Crippen LogP contribution is -2.50. The molecule has 6 nitrogen and oxygen atoms in total. The minimum absolute atomic E-state index is 0.210. The molecule has 1 aliphatic rings. The highest BCUT2D eigenvalue weighted by atomic mass is 19.4. The Morgan fingerprint density at radius 2 is 1.65 bits per heavy atom. The van der Waals surface area contributed by atoms with E-state index in [-0.39, 0.29) is 18.3 Å². The summed E-state index contributed by atoms with van der Waals surface area (Å²) in [5.74, 6) is 0.641. The fourth-order valence-corrected chi connectivity index (χ4v) is 2.59. The number of amides is 1. The summed E-state index contributed by atoms with van der Waals surface area (Å²) in [5.41, 5.74) is -0.754. The minimum atomic E-state index is -4.39. The van der Waals surface area contributed by atoms with Gasteiger partial charge in [0.05, 0.1) is 5.56 Å². The Labute approximate surface area is 148 Å². The maximum absolute atomic E-state index is 12.5. The van der Waals surface area contributed by atoms with E-state index in [1.54, 1.807) is 23.4 Å². The van der Waals surface area contributed by atoms with Crippen LogP contribution >= 0.6 is 0 Å². The molecule has 138 valence electrons. The highest BCUT2D eigenvalue weighted by Gasteiger charge is 2.30. The largest absolute Gasteiger partial charge is 0.484 e. The summed E-state index contributed by atoms with van der Waals surface area (Å²) in [7, 11) is 0. The number of nitrogens with zero attached hydrogens (tertiary/aromatic N) is 4. The van der Waals surface area contributed by atoms with E-state index in [0.717, 1.165) is 12.1 Å². The van der Waals surface area contributed by atoms with Crippen molar-refractivity contribution in [1.82, 2.24) is 14.9 Å². The molecule has 3 rings (SSSR count). The summed E-state index contributed by atoms with van der Waals surface area (Å²) >= 11 is 0. The third kappa shape index (κ3) is 4.41. The van der Waals surface area contributed by atoms with Gasteiger partial charge in [-0.2, -0.15) is 13.2 Å². The van der Waals surface area contributed by atoms with Crippen LogP contribution in [0.25, 0.3) is 0 Å². The molecule has 0 atom stereocenters. The summed E-state index contributed by atoms with van der Waals surface area (Å²) in [6.45, 7) is 2.01. The van der Waals surface area contributed by atoms with E-state index in [1.165, 1.54) is 12.1 Å². The van der Waals surface area contributed by atoms with Crippen LogP contribution in [-0.2, 0) is 11.0 Å². The van der Waals surface area contributed by atoms with Gasteiger partial charge < -0.3 is 14.5 Å². The average Bonchev–Trinajstić information content (AvgIpc) is 2.66. The second kappa shape index (κ2) is 7.59. The molecular formula is C17H17F3N4O2. The summed E-state index contributed by atoms with van der Waals surface area (Å²) in [5, 5.41) is 0. The molecule has 0 N–H and O–H groups in total. The molecule has 0 saturated carbocycles. The van der Waals surface area contributed by atoms with E-state index in [0.29, 0.717) is 32.1 Å². The summed E-state index contributed by atoms with van der Waals surface area (Å²) in [6.07, 6.45) is -1.06. The van der Waals surface area contributed by atoms with Crippen LogP contribution in [-0.4, -0.2) is 53.6 Å². The first kappa shape index (κ1) is 18.0. The first-order chi connectivity index (χ1) is 12.4. The number of hydrogen-bond acceptors (Lipinski definition) is 5. The molecular weight excluding hydrogens is 349 g/mol. The highest BCUT2D eigenvalue weighted by molar-refractivity contribution is 5.78. The lowest BCUT2D eigenvalue weighted by Gasteiger charge is -2.34. The quantitative estimate of drug-likeness (QED) is 0.831. The van der Waals surface area contributed by atoms with Gasteiger partial charge in [-0.15, -0.1) is 0 Å². The van der Waals surface area contributed by atoms with Crippen LogP contribution in [0.5, 0.6) is 5.75 Å². The molecule has 0 radical (unpaired) electrons. The van der Waals surface area contributed by atoms with Gasteiger partial charge >= 0.3 is 6.18 Å². The van der Waals surface area contributed by atoms with Crippen LogP contribution in [0.1, 0.15) is 5.56 Å². The summed E-state index contributed by atoms with van der Waals surface area (Å²) in [4.78, 5) is 24.2. The second-order valence-corrected chi connectivity index (χ2v) is 5.73. The Kier molecular flexibility index (Phi) is 5.24. The topological polar surface area (TPSA) is 58.6 Å². The summed E-state index contributed by atoms with van der Waals surface area (Å²) < 4.78 is 42.9. The number of piperazine rings is 1. The lowest BCUT2D eigenvalue weighted by molar-refractivity contribution is -0.137. The van der Waals surface area contributed by atoms with E-state index in [4.69, 9.17) is 4.74 Å². The molecule has 0 bridgehead atoms. The maximum Gasteiger partial charge on any atom is 0.416 e. The third-order valence-electron chi connectivity index (χ3n) is 4.01. The normalized spacial score (nSPS) is 15.0. The minimum Gasteiger partial charge on any atom is -0.484 e. The van der Waals surface area contributed by atoms with Gasteiger partial charge in [0.2, 0.25) is 5.95 Å². The number of benzene rings is 1. The molecule has 2 aromatic rings. The van der Waals surface area contributed by atoms with Gasteiger partial charge in [0.1, 0.15) is 5.75 Å². The van der Waals surface area contributed by atoms with E-state index in [9.17, 15) is 18.0 Å². The van der Waals surface area contributed by atoms with Gasteiger partial charge in [-0.25, -0.2) is 9.97 Å². The first-order valence-corrected chi connectivity index (χ1v) is 8.03. The van der Waals surface area contributed by atoms with Crippen molar-refractivity contribution in [3.63, 3.8) is 0 Å². The van der Waals surface area contributed by atoms with Crippen LogP contribution in [0, 0.1) is 0 Å². The lowest BCUT2D eigenvalue weighted by atomic mass is 10.2. The monoisotopic (exact) mass is 366 g/mol. The number of aromatic nitrogens is 2. The van der Waals surface area contributed by atoms with E-state index >= 15 is 0 Å². The maximum atomic E-state index is 12.5. The van der Waals surface area contributed by atoms with Crippen LogP contribution < -0.4 is 9.64 Å². The van der Waals surface area contributed by atoms with Crippen LogP contribution in [0.4, 0.5) is 19.1 Å². The Morgan fingerprint density at radius 1 is 1.04 bits per heavy atom. The van der Waals surface area contributed by atoms with Gasteiger partial charge in [0, 0.05) is 38.6 Å². The predicted octanol–water partition coefficient (Wildman–Crippen LogP) is 2.22. The molecule has 26 heavy (non-hydrogen) atoms. The first-order valence-electron chi connectivity index (χ1n) is 8.03. The third-order valence-corrected chi connectivity index (χ3v) is 4.01. The standard InChI is InChI=1S/C17H17F3N4O2/c18-17(19,20)13-2-4-14(5-3-13)26-12-15(25)23-8-10-24(11-9-23)16-21-6-1-7-22-16/h1-7H,8-12H2. The predicted molar refractivity (Wildman–Crippen MR) is 87.8 cm³/mol. The van der Waals surface area contributed by atoms with E-state index in [1.807, 2.05) is 4.90 Å². The van der Waals surface area contributed by atoms with Crippen LogP contribution in [0.3, 0.4) is 0 Å². The fraction of sp³-hybridized carbons (Fsp3) is 0.353. The number of hydrogen-bond donors (Lipinski definition) is 0. The SMILES string of the molecule is O=C(COc1ccc(C(F)(F)F)cc1)N1CCN(c2ncccn2)CC1. The molecule has 1 aromatic carbocycles. The smallest absolute Gasteiger partial charge is 0.416 e. The number of carbonyl (C=O) groups excluding carboxylic acids is 1. The molecule has 1 saturated heterocycles. The summed E-state index contributed by atoms with van der Waals surface area (Å²) in [6, 6.07) is 6.01. The number of anilines is 1. The number of rotatable bonds is 4. The number of alkyl halides is 3. The van der Waals surface area contributed by atoms with E-state index < -0.39 is 11.7 Å². The zero-order chi connectivity index (χ0) is 18.6. The number of ether oxygens (including phenoxy) is 1. The van der Waals surface area contributed by atoms with Crippen molar-refractivity contribution in [2.45, 2.75) is 6.18 Å². The van der Waals surface area contributed by atoms with Crippen molar-refractivity contribution in [2.75, 3.05) is 37.7 Å². The van der Waals surface area contributed by atoms with Gasteiger partial charge in [0.15, 0.2) is 6.61 Å². The molecule has 1 aromatic heterocycles. The Balaban J connectivity index is 1.47. The molecule has 1 aliphatic heterocycles. The van der Waals surface area contributed by atoms with Crippen molar-refractivity contribution in [3.05, 3.63) is 48.3 Å².